The monoisotopic (exact) mass is 462 g/mol. The topological polar surface area (TPSA) is 40.4 Å². The summed E-state index contributed by atoms with van der Waals surface area (Å²) in [5.74, 6) is 0. The molecule has 0 fully saturated rings. The molecule has 5 heteroatoms. The number of hydrogen-bond donors (Lipinski definition) is 0. The molecule has 0 radical (unpaired) electrons. The van der Waals surface area contributed by atoms with Gasteiger partial charge in [0.05, 0.1) is 50.1 Å². The molecule has 2 aromatic carbocycles. The molecule has 35 heavy (non-hydrogen) atoms. The van der Waals surface area contributed by atoms with Crippen LogP contribution in [-0.4, -0.2) is 38.7 Å². The van der Waals surface area contributed by atoms with Gasteiger partial charge in [-0.3, -0.25) is 10.0 Å². The maximum Gasteiger partial charge on any atom is 0.0663 e. The Hall–Kier alpha value is -4.22. The van der Waals surface area contributed by atoms with Crippen molar-refractivity contribution in [3.63, 3.8) is 0 Å². The quantitative estimate of drug-likeness (QED) is 0.218. The van der Waals surface area contributed by atoms with Gasteiger partial charge in [-0.25, -0.2) is 0 Å². The molecular weight excluding hydrogens is 432 g/mol. The number of para-hydroxylation sites is 2. The summed E-state index contributed by atoms with van der Waals surface area (Å²) in [6, 6.07) is 20.2. The molecule has 0 N–H and O–H groups in total. The van der Waals surface area contributed by atoms with Crippen LogP contribution >= 0.6 is 0 Å². The molecule has 0 unspecified atom stereocenters. The highest BCUT2D eigenvalue weighted by molar-refractivity contribution is 5.86. The van der Waals surface area contributed by atoms with E-state index >= 15 is 0 Å². The van der Waals surface area contributed by atoms with Gasteiger partial charge in [-0.15, -0.1) is 0 Å². The summed E-state index contributed by atoms with van der Waals surface area (Å²) in [6.07, 6.45) is 15.7. The number of anilines is 2. The largest absolute Gasteiger partial charge is 0.378 e. The van der Waals surface area contributed by atoms with E-state index in [1.54, 1.807) is 0 Å². The zero-order valence-corrected chi connectivity index (χ0v) is 19.8. The van der Waals surface area contributed by atoms with Crippen LogP contribution in [-0.2, 0) is 4.74 Å². The number of ether oxygens (including phenoxy) is 1. The van der Waals surface area contributed by atoms with E-state index < -0.39 is 0 Å². The van der Waals surface area contributed by atoms with Crippen LogP contribution in [0.3, 0.4) is 0 Å². The Labute approximate surface area is 207 Å². The molecule has 2 aliphatic rings. The lowest BCUT2D eigenvalue weighted by atomic mass is 10.3. The fourth-order valence-electron chi connectivity index (χ4n) is 3.57. The minimum Gasteiger partial charge on any atom is -0.378 e. The maximum absolute atomic E-state index is 6.00. The van der Waals surface area contributed by atoms with Crippen molar-refractivity contribution in [2.75, 3.05) is 36.3 Å². The van der Waals surface area contributed by atoms with Gasteiger partial charge in [0.1, 0.15) is 0 Å². The highest BCUT2D eigenvalue weighted by atomic mass is 16.5. The van der Waals surface area contributed by atoms with Gasteiger partial charge >= 0.3 is 0 Å². The van der Waals surface area contributed by atoms with Crippen LogP contribution in [0.1, 0.15) is 0 Å². The lowest BCUT2D eigenvalue weighted by Gasteiger charge is -2.21. The van der Waals surface area contributed by atoms with E-state index in [2.05, 4.69) is 23.4 Å². The minimum absolute atomic E-state index is 0.536. The van der Waals surface area contributed by atoms with Gasteiger partial charge < -0.3 is 4.74 Å². The van der Waals surface area contributed by atoms with Gasteiger partial charge in [0.25, 0.3) is 0 Å². The van der Waals surface area contributed by atoms with Crippen molar-refractivity contribution in [3.05, 3.63) is 133 Å². The number of hydrogen-bond acceptors (Lipinski definition) is 5. The van der Waals surface area contributed by atoms with Crippen molar-refractivity contribution in [1.29, 1.82) is 0 Å². The van der Waals surface area contributed by atoms with E-state index in [-0.39, 0.29) is 0 Å². The first-order valence-electron chi connectivity index (χ1n) is 11.7. The fraction of sp³-hybridized carbons (Fsp3) is 0.133. The average molecular weight is 463 g/mol. The van der Waals surface area contributed by atoms with Gasteiger partial charge in [0.15, 0.2) is 0 Å². The molecular formula is C30H30N4O. The summed E-state index contributed by atoms with van der Waals surface area (Å²) in [5, 5.41) is 13.3. The predicted octanol–water partition coefficient (Wildman–Crippen LogP) is 6.09. The molecule has 0 aromatic heterocycles. The Kier molecular flexibility index (Phi) is 8.41. The lowest BCUT2D eigenvalue weighted by Crippen LogP contribution is -2.26. The second-order valence-corrected chi connectivity index (χ2v) is 8.12. The van der Waals surface area contributed by atoms with Gasteiger partial charge in [0, 0.05) is 0 Å². The molecule has 0 atom stereocenters. The van der Waals surface area contributed by atoms with Crippen LogP contribution in [0.25, 0.3) is 0 Å². The van der Waals surface area contributed by atoms with E-state index in [1.165, 1.54) is 0 Å². The molecule has 0 heterocycles. The molecule has 4 rings (SSSR count). The molecule has 0 saturated heterocycles. The van der Waals surface area contributed by atoms with E-state index in [9.17, 15) is 0 Å². The van der Waals surface area contributed by atoms with Gasteiger partial charge in [-0.2, -0.15) is 10.2 Å². The molecule has 2 aromatic rings. The van der Waals surface area contributed by atoms with Crippen LogP contribution < -0.4 is 10.0 Å². The highest BCUT2D eigenvalue weighted by Gasteiger charge is 2.08. The van der Waals surface area contributed by atoms with Crippen molar-refractivity contribution in [1.82, 2.24) is 0 Å². The molecule has 0 bridgehead atoms. The number of benzene rings is 2. The second kappa shape index (κ2) is 12.3. The predicted molar refractivity (Wildman–Crippen MR) is 148 cm³/mol. The fourth-order valence-corrected chi connectivity index (χ4v) is 3.57. The van der Waals surface area contributed by atoms with Crippen molar-refractivity contribution >= 4 is 23.8 Å². The normalized spacial score (nSPS) is 14.9. The average Bonchev–Trinajstić information content (AvgIpc) is 3.51. The Morgan fingerprint density at radius 1 is 0.629 bits per heavy atom. The standard InChI is InChI=1S/C30H30N4O/c1-25-13-15-27(21-25)23-31-33(29-9-5-3-6-10-29)17-19-35-20-18-34(30-11-7-4-8-12-30)32-24-28-16-14-26(2)22-28/h3-16,21-24H,1-2,17-20H2/b31-23+,32-24+. The number of rotatable bonds is 12. The Bertz CT molecular complexity index is 1110. The number of nitrogens with zero attached hydrogens (tertiary/aromatic N) is 4. The number of hydrazone groups is 2. The SMILES string of the molecule is C=C1C=CC(/C=N/N(CCOCCN(/N=C/C2=CC(=C)C=C2)c2ccccc2)c2ccccc2)=C1. The summed E-state index contributed by atoms with van der Waals surface area (Å²) in [4.78, 5) is 0. The molecule has 176 valence electrons. The van der Waals surface area contributed by atoms with Gasteiger partial charge in [0.2, 0.25) is 0 Å². The van der Waals surface area contributed by atoms with Gasteiger partial charge in [-0.1, -0.05) is 73.9 Å². The van der Waals surface area contributed by atoms with Crippen molar-refractivity contribution in [2.24, 2.45) is 10.2 Å². The summed E-state index contributed by atoms with van der Waals surface area (Å²) < 4.78 is 6.00. The van der Waals surface area contributed by atoms with E-state index in [1.807, 2.05) is 120 Å². The zero-order valence-electron chi connectivity index (χ0n) is 19.8. The van der Waals surface area contributed by atoms with Crippen LogP contribution in [0.15, 0.2) is 143 Å². The minimum atomic E-state index is 0.536. The Balaban J connectivity index is 1.33. The maximum atomic E-state index is 6.00. The van der Waals surface area contributed by atoms with Crippen LogP contribution in [0.4, 0.5) is 11.4 Å². The lowest BCUT2D eigenvalue weighted by molar-refractivity contribution is 0.146. The molecule has 5 nitrogen and oxygen atoms in total. The molecule has 0 aliphatic heterocycles. The smallest absolute Gasteiger partial charge is 0.0663 e. The molecule has 0 saturated carbocycles. The summed E-state index contributed by atoms with van der Waals surface area (Å²) in [7, 11) is 0. The van der Waals surface area contributed by atoms with Crippen LogP contribution in [0.2, 0.25) is 0 Å². The van der Waals surface area contributed by atoms with E-state index in [0.717, 1.165) is 33.7 Å². The first-order chi connectivity index (χ1) is 17.2. The summed E-state index contributed by atoms with van der Waals surface area (Å²) in [5.41, 5.74) is 6.06. The third kappa shape index (κ3) is 7.39. The molecule has 0 amide bonds. The van der Waals surface area contributed by atoms with Gasteiger partial charge in [-0.05, 0) is 58.7 Å². The third-order valence-corrected chi connectivity index (χ3v) is 5.38. The Morgan fingerprint density at radius 2 is 1.06 bits per heavy atom. The molecule has 2 aliphatic carbocycles. The van der Waals surface area contributed by atoms with Crippen LogP contribution in [0, 0.1) is 0 Å². The van der Waals surface area contributed by atoms with E-state index in [0.29, 0.717) is 26.3 Å². The molecule has 0 spiro atoms. The Morgan fingerprint density at radius 3 is 1.43 bits per heavy atom. The van der Waals surface area contributed by atoms with Crippen LogP contribution in [0.5, 0.6) is 0 Å². The summed E-state index contributed by atoms with van der Waals surface area (Å²) >= 11 is 0. The first kappa shape index (κ1) is 23.9. The highest BCUT2D eigenvalue weighted by Crippen LogP contribution is 2.17. The van der Waals surface area contributed by atoms with Crippen molar-refractivity contribution in [2.45, 2.75) is 0 Å². The van der Waals surface area contributed by atoms with Crippen molar-refractivity contribution < 1.29 is 4.74 Å². The third-order valence-electron chi connectivity index (χ3n) is 5.38. The second-order valence-electron chi connectivity index (χ2n) is 8.12. The first-order valence-corrected chi connectivity index (χ1v) is 11.7. The van der Waals surface area contributed by atoms with Crippen molar-refractivity contribution in [3.8, 4) is 0 Å². The summed E-state index contributed by atoms with van der Waals surface area (Å²) in [6.45, 7) is 10.2. The van der Waals surface area contributed by atoms with E-state index in [4.69, 9.17) is 4.74 Å². The zero-order chi connectivity index (χ0) is 24.3. The number of allylic oxidation sites excluding steroid dienone is 10.